The second-order valence-electron chi connectivity index (χ2n) is 4.55. The maximum atomic E-state index is 12.1. The monoisotopic (exact) mass is 304 g/mol. The molecule has 21 heavy (non-hydrogen) atoms. The molecule has 1 amide bonds. The molecule has 0 fully saturated rings. The third-order valence-corrected chi connectivity index (χ3v) is 3.30. The fraction of sp³-hybridized carbons (Fsp3) is 0.133. The van der Waals surface area contributed by atoms with E-state index < -0.39 is 4.92 Å². The fourth-order valence-electron chi connectivity index (χ4n) is 1.94. The van der Waals surface area contributed by atoms with Gasteiger partial charge < -0.3 is 5.32 Å². The van der Waals surface area contributed by atoms with E-state index in [1.165, 1.54) is 12.1 Å². The van der Waals surface area contributed by atoms with E-state index in [0.29, 0.717) is 22.7 Å². The molecule has 0 aliphatic rings. The van der Waals surface area contributed by atoms with Crippen LogP contribution in [0.25, 0.3) is 0 Å². The summed E-state index contributed by atoms with van der Waals surface area (Å²) in [4.78, 5) is 22.4. The van der Waals surface area contributed by atoms with Crippen LogP contribution in [-0.4, -0.2) is 10.8 Å². The smallest absolute Gasteiger partial charge is 0.272 e. The average Bonchev–Trinajstić information content (AvgIpc) is 2.47. The van der Waals surface area contributed by atoms with Crippen LogP contribution in [0.5, 0.6) is 0 Å². The Morgan fingerprint density at radius 2 is 2.05 bits per heavy atom. The molecule has 5 nitrogen and oxygen atoms in total. The highest BCUT2D eigenvalue weighted by molar-refractivity contribution is 6.17. The highest BCUT2D eigenvalue weighted by atomic mass is 35.5. The van der Waals surface area contributed by atoms with E-state index in [0.717, 1.165) is 5.56 Å². The molecule has 0 radical (unpaired) electrons. The second-order valence-corrected chi connectivity index (χ2v) is 4.81. The number of hydrogen-bond acceptors (Lipinski definition) is 3. The number of aryl methyl sites for hydroxylation is 1. The lowest BCUT2D eigenvalue weighted by Gasteiger charge is -2.07. The largest absolute Gasteiger partial charge is 0.322 e. The summed E-state index contributed by atoms with van der Waals surface area (Å²) in [5, 5.41) is 13.5. The van der Waals surface area contributed by atoms with Gasteiger partial charge in [0.05, 0.1) is 4.92 Å². The van der Waals surface area contributed by atoms with Crippen molar-refractivity contribution in [1.82, 2.24) is 0 Å². The van der Waals surface area contributed by atoms with Crippen LogP contribution in [0.3, 0.4) is 0 Å². The number of nitrogens with one attached hydrogen (secondary N) is 1. The Hall–Kier alpha value is -2.40. The number of hydrogen-bond donors (Lipinski definition) is 1. The van der Waals surface area contributed by atoms with Crippen molar-refractivity contribution >= 4 is 28.9 Å². The highest BCUT2D eigenvalue weighted by Crippen LogP contribution is 2.22. The Balaban J connectivity index is 2.19. The predicted octanol–water partition coefficient (Wildman–Crippen LogP) is 3.89. The Morgan fingerprint density at radius 3 is 2.67 bits per heavy atom. The van der Waals surface area contributed by atoms with Gasteiger partial charge in [-0.25, -0.2) is 0 Å². The molecular weight excluding hydrogens is 292 g/mol. The summed E-state index contributed by atoms with van der Waals surface area (Å²) in [6, 6.07) is 11.4. The molecule has 6 heteroatoms. The van der Waals surface area contributed by atoms with Crippen molar-refractivity contribution in [2.45, 2.75) is 12.8 Å². The van der Waals surface area contributed by atoms with Gasteiger partial charge in [-0.15, -0.1) is 11.6 Å². The first kappa shape index (κ1) is 15.0. The number of anilines is 1. The Morgan fingerprint density at radius 1 is 1.29 bits per heavy atom. The van der Waals surface area contributed by atoms with E-state index in [4.69, 9.17) is 11.6 Å². The lowest BCUT2D eigenvalue weighted by Crippen LogP contribution is -2.12. The fourth-order valence-corrected chi connectivity index (χ4v) is 2.10. The van der Waals surface area contributed by atoms with E-state index in [-0.39, 0.29) is 11.6 Å². The van der Waals surface area contributed by atoms with Crippen LogP contribution in [0, 0.1) is 17.0 Å². The maximum Gasteiger partial charge on any atom is 0.272 e. The van der Waals surface area contributed by atoms with E-state index in [1.807, 2.05) is 6.07 Å². The molecule has 2 rings (SSSR count). The lowest BCUT2D eigenvalue weighted by molar-refractivity contribution is -0.385. The molecule has 0 bridgehead atoms. The van der Waals surface area contributed by atoms with E-state index >= 15 is 0 Å². The second kappa shape index (κ2) is 6.37. The minimum Gasteiger partial charge on any atom is -0.322 e. The van der Waals surface area contributed by atoms with Crippen LogP contribution in [0.2, 0.25) is 0 Å². The molecule has 0 spiro atoms. The van der Waals surface area contributed by atoms with Gasteiger partial charge in [-0.3, -0.25) is 14.9 Å². The van der Waals surface area contributed by atoms with Crippen molar-refractivity contribution in [2.24, 2.45) is 0 Å². The zero-order valence-corrected chi connectivity index (χ0v) is 12.1. The first-order valence-electron chi connectivity index (χ1n) is 6.22. The van der Waals surface area contributed by atoms with Crippen LogP contribution in [-0.2, 0) is 5.88 Å². The normalized spacial score (nSPS) is 10.2. The number of halogens is 1. The predicted molar refractivity (Wildman–Crippen MR) is 81.8 cm³/mol. The Kier molecular flexibility index (Phi) is 4.55. The summed E-state index contributed by atoms with van der Waals surface area (Å²) in [7, 11) is 0. The van der Waals surface area contributed by atoms with Crippen molar-refractivity contribution in [2.75, 3.05) is 5.32 Å². The number of nitrogens with zero attached hydrogens (tertiary/aromatic N) is 1. The van der Waals surface area contributed by atoms with E-state index in [9.17, 15) is 14.9 Å². The summed E-state index contributed by atoms with van der Waals surface area (Å²) < 4.78 is 0. The van der Waals surface area contributed by atoms with Gasteiger partial charge in [-0.05, 0) is 36.8 Å². The first-order valence-corrected chi connectivity index (χ1v) is 6.76. The summed E-state index contributed by atoms with van der Waals surface area (Å²) in [5.41, 5.74) is 2.37. The standard InChI is InChI=1S/C15H13ClN2O3/c1-10-7-13(5-6-14(10)18(20)21)17-15(19)12-4-2-3-11(8-12)9-16/h2-8H,9H2,1H3,(H,17,19). The molecule has 0 aromatic heterocycles. The quantitative estimate of drug-likeness (QED) is 0.529. The molecule has 0 unspecified atom stereocenters. The van der Waals surface area contributed by atoms with Gasteiger partial charge in [0, 0.05) is 28.8 Å². The van der Waals surface area contributed by atoms with Crippen LogP contribution in [0.1, 0.15) is 21.5 Å². The highest BCUT2D eigenvalue weighted by Gasteiger charge is 2.12. The van der Waals surface area contributed by atoms with Crippen LogP contribution >= 0.6 is 11.6 Å². The molecular formula is C15H13ClN2O3. The van der Waals surface area contributed by atoms with Crippen molar-refractivity contribution in [3.63, 3.8) is 0 Å². The summed E-state index contributed by atoms with van der Waals surface area (Å²) in [6.45, 7) is 1.63. The Labute approximate surface area is 126 Å². The van der Waals surface area contributed by atoms with Crippen molar-refractivity contribution in [3.05, 3.63) is 69.3 Å². The number of carbonyl (C=O) groups excluding carboxylic acids is 1. The molecule has 0 saturated carbocycles. The van der Waals surface area contributed by atoms with Gasteiger partial charge in [0.25, 0.3) is 11.6 Å². The maximum absolute atomic E-state index is 12.1. The number of rotatable bonds is 4. The van der Waals surface area contributed by atoms with Gasteiger partial charge >= 0.3 is 0 Å². The van der Waals surface area contributed by atoms with Crippen LogP contribution in [0.4, 0.5) is 11.4 Å². The number of benzene rings is 2. The lowest BCUT2D eigenvalue weighted by atomic mass is 10.1. The molecule has 0 atom stereocenters. The summed E-state index contributed by atoms with van der Waals surface area (Å²) >= 11 is 5.74. The average molecular weight is 305 g/mol. The molecule has 0 heterocycles. The van der Waals surface area contributed by atoms with Crippen molar-refractivity contribution in [3.8, 4) is 0 Å². The zero-order valence-electron chi connectivity index (χ0n) is 11.3. The number of nitro benzene ring substituents is 1. The molecule has 2 aromatic carbocycles. The van der Waals surface area contributed by atoms with Gasteiger partial charge in [0.1, 0.15) is 0 Å². The number of nitro groups is 1. The van der Waals surface area contributed by atoms with Crippen LogP contribution in [0.15, 0.2) is 42.5 Å². The molecule has 0 aliphatic heterocycles. The number of carbonyl (C=O) groups is 1. The minimum atomic E-state index is -0.453. The molecule has 2 aromatic rings. The van der Waals surface area contributed by atoms with Gasteiger partial charge in [-0.1, -0.05) is 12.1 Å². The Bertz CT molecular complexity index is 701. The van der Waals surface area contributed by atoms with Crippen molar-refractivity contribution < 1.29 is 9.72 Å². The molecule has 0 aliphatic carbocycles. The number of alkyl halides is 1. The first-order chi connectivity index (χ1) is 10.0. The molecule has 108 valence electrons. The molecule has 1 N–H and O–H groups in total. The van der Waals surface area contributed by atoms with E-state index in [2.05, 4.69) is 5.32 Å². The molecule has 0 saturated heterocycles. The van der Waals surface area contributed by atoms with Crippen molar-refractivity contribution in [1.29, 1.82) is 0 Å². The third-order valence-electron chi connectivity index (χ3n) is 2.99. The zero-order chi connectivity index (χ0) is 15.4. The van der Waals surface area contributed by atoms with Gasteiger partial charge in [-0.2, -0.15) is 0 Å². The number of amides is 1. The SMILES string of the molecule is Cc1cc(NC(=O)c2cccc(CCl)c2)ccc1[N+](=O)[O-]. The van der Waals surface area contributed by atoms with Gasteiger partial charge in [0.15, 0.2) is 0 Å². The topological polar surface area (TPSA) is 72.2 Å². The third kappa shape index (κ3) is 3.58. The van der Waals surface area contributed by atoms with Gasteiger partial charge in [0.2, 0.25) is 0 Å². The van der Waals surface area contributed by atoms with E-state index in [1.54, 1.807) is 31.2 Å². The summed E-state index contributed by atoms with van der Waals surface area (Å²) in [5.74, 6) is 0.0489. The van der Waals surface area contributed by atoms with Crippen LogP contribution < -0.4 is 5.32 Å². The summed E-state index contributed by atoms with van der Waals surface area (Å²) in [6.07, 6.45) is 0. The minimum absolute atomic E-state index is 0.0251.